The van der Waals surface area contributed by atoms with Crippen LogP contribution in [-0.4, -0.2) is 45.0 Å². The lowest BCUT2D eigenvalue weighted by atomic mass is 10.3. The Morgan fingerprint density at radius 2 is 2.12 bits per heavy atom. The van der Waals surface area contributed by atoms with Gasteiger partial charge in [0, 0.05) is 24.5 Å². The fourth-order valence-corrected chi connectivity index (χ4v) is 3.85. The molecule has 0 bridgehead atoms. The topological polar surface area (TPSA) is 62.3 Å². The standard InChI is InChI=1S/C10H17N3O2S2/c1-8(11-2)9-7-16-10(12-9)13-3-5-17(14,15)6-4-13/h7-8,11H,3-6H2,1-2H3. The maximum Gasteiger partial charge on any atom is 0.185 e. The molecule has 0 amide bonds. The molecule has 1 fully saturated rings. The highest BCUT2D eigenvalue weighted by molar-refractivity contribution is 7.91. The van der Waals surface area contributed by atoms with Crippen molar-refractivity contribution >= 4 is 26.3 Å². The Morgan fingerprint density at radius 1 is 1.47 bits per heavy atom. The van der Waals surface area contributed by atoms with Gasteiger partial charge < -0.3 is 10.2 Å². The van der Waals surface area contributed by atoms with Crippen LogP contribution in [0.25, 0.3) is 0 Å². The van der Waals surface area contributed by atoms with Crippen molar-refractivity contribution in [1.82, 2.24) is 10.3 Å². The minimum absolute atomic E-state index is 0.230. The van der Waals surface area contributed by atoms with Gasteiger partial charge in [0.1, 0.15) is 0 Å². The lowest BCUT2D eigenvalue weighted by Crippen LogP contribution is -2.40. The monoisotopic (exact) mass is 275 g/mol. The number of hydrogen-bond donors (Lipinski definition) is 1. The van der Waals surface area contributed by atoms with Gasteiger partial charge in [-0.2, -0.15) is 0 Å². The number of sulfone groups is 1. The molecule has 0 spiro atoms. The molecule has 2 heterocycles. The van der Waals surface area contributed by atoms with Gasteiger partial charge >= 0.3 is 0 Å². The Labute approximate surface area is 106 Å². The minimum atomic E-state index is -2.82. The van der Waals surface area contributed by atoms with Gasteiger partial charge in [0.05, 0.1) is 17.2 Å². The molecule has 1 saturated heterocycles. The van der Waals surface area contributed by atoms with Gasteiger partial charge in [-0.15, -0.1) is 11.3 Å². The zero-order chi connectivity index (χ0) is 12.5. The maximum absolute atomic E-state index is 11.3. The number of rotatable bonds is 3. The third-order valence-corrected chi connectivity index (χ3v) is 5.53. The Morgan fingerprint density at radius 3 is 2.71 bits per heavy atom. The van der Waals surface area contributed by atoms with Gasteiger partial charge in [-0.05, 0) is 14.0 Å². The lowest BCUT2D eigenvalue weighted by Gasteiger charge is -2.26. The number of anilines is 1. The number of nitrogens with one attached hydrogen (secondary N) is 1. The van der Waals surface area contributed by atoms with Crippen molar-refractivity contribution in [2.75, 3.05) is 36.5 Å². The predicted molar refractivity (Wildman–Crippen MR) is 70.5 cm³/mol. The number of thiazole rings is 1. The second kappa shape index (κ2) is 4.91. The van der Waals surface area contributed by atoms with Gasteiger partial charge in [0.15, 0.2) is 15.0 Å². The molecule has 0 aliphatic carbocycles. The SMILES string of the molecule is CNC(C)c1csc(N2CCS(=O)(=O)CC2)n1. The van der Waals surface area contributed by atoms with E-state index in [-0.39, 0.29) is 17.5 Å². The largest absolute Gasteiger partial charge is 0.346 e. The maximum atomic E-state index is 11.3. The zero-order valence-corrected chi connectivity index (χ0v) is 11.6. The van der Waals surface area contributed by atoms with Crippen LogP contribution in [0.1, 0.15) is 18.7 Å². The Bertz CT molecular complexity index is 469. The molecule has 17 heavy (non-hydrogen) atoms. The average Bonchev–Trinajstić information content (AvgIpc) is 2.77. The average molecular weight is 275 g/mol. The van der Waals surface area contributed by atoms with E-state index in [1.807, 2.05) is 12.4 Å². The van der Waals surface area contributed by atoms with Crippen LogP contribution in [0.5, 0.6) is 0 Å². The van der Waals surface area contributed by atoms with Crippen molar-refractivity contribution in [3.63, 3.8) is 0 Å². The van der Waals surface area contributed by atoms with Crippen molar-refractivity contribution in [2.24, 2.45) is 0 Å². The van der Waals surface area contributed by atoms with Crippen molar-refractivity contribution in [2.45, 2.75) is 13.0 Å². The fraction of sp³-hybridized carbons (Fsp3) is 0.700. The second-order valence-corrected chi connectivity index (χ2v) is 7.34. The van der Waals surface area contributed by atoms with Gasteiger partial charge in [-0.3, -0.25) is 0 Å². The van der Waals surface area contributed by atoms with E-state index in [1.165, 1.54) is 0 Å². The van der Waals surface area contributed by atoms with E-state index in [0.717, 1.165) is 10.8 Å². The van der Waals surface area contributed by atoms with E-state index in [9.17, 15) is 8.42 Å². The first kappa shape index (κ1) is 12.8. The summed E-state index contributed by atoms with van der Waals surface area (Å²) in [6.07, 6.45) is 0. The first-order valence-electron chi connectivity index (χ1n) is 5.60. The highest BCUT2D eigenvalue weighted by Crippen LogP contribution is 2.25. The summed E-state index contributed by atoms with van der Waals surface area (Å²) in [5.41, 5.74) is 1.01. The van der Waals surface area contributed by atoms with Crippen LogP contribution in [-0.2, 0) is 9.84 Å². The summed E-state index contributed by atoms with van der Waals surface area (Å²) in [7, 11) is -0.915. The predicted octanol–water partition coefficient (Wildman–Crippen LogP) is 0.658. The van der Waals surface area contributed by atoms with E-state index >= 15 is 0 Å². The van der Waals surface area contributed by atoms with E-state index in [4.69, 9.17) is 0 Å². The third-order valence-electron chi connectivity index (χ3n) is 3.00. The van der Waals surface area contributed by atoms with Crippen molar-refractivity contribution in [1.29, 1.82) is 0 Å². The van der Waals surface area contributed by atoms with Crippen LogP contribution in [0.3, 0.4) is 0 Å². The summed E-state index contributed by atoms with van der Waals surface area (Å²) in [6.45, 7) is 3.17. The zero-order valence-electron chi connectivity index (χ0n) is 10.0. The van der Waals surface area contributed by atoms with E-state index in [0.29, 0.717) is 13.1 Å². The molecule has 1 aromatic rings. The summed E-state index contributed by atoms with van der Waals surface area (Å²) in [5, 5.41) is 6.10. The molecule has 0 aromatic carbocycles. The van der Waals surface area contributed by atoms with E-state index in [1.54, 1.807) is 11.3 Å². The van der Waals surface area contributed by atoms with Gasteiger partial charge in [-0.25, -0.2) is 13.4 Å². The van der Waals surface area contributed by atoms with Gasteiger partial charge in [0.2, 0.25) is 0 Å². The molecule has 1 aromatic heterocycles. The molecule has 0 radical (unpaired) electrons. The Balaban J connectivity index is 2.06. The van der Waals surface area contributed by atoms with Crippen LogP contribution in [0, 0.1) is 0 Å². The molecule has 2 rings (SSSR count). The second-order valence-electron chi connectivity index (χ2n) is 4.20. The van der Waals surface area contributed by atoms with Crippen molar-refractivity contribution in [3.8, 4) is 0 Å². The first-order valence-corrected chi connectivity index (χ1v) is 8.30. The molecule has 1 aliphatic rings. The van der Waals surface area contributed by atoms with Crippen LogP contribution in [0.15, 0.2) is 5.38 Å². The Kier molecular flexibility index (Phi) is 3.70. The summed E-state index contributed by atoms with van der Waals surface area (Å²) in [6, 6.07) is 0.230. The molecule has 1 atom stereocenters. The minimum Gasteiger partial charge on any atom is -0.346 e. The Hall–Kier alpha value is -0.660. The quantitative estimate of drug-likeness (QED) is 0.878. The summed E-state index contributed by atoms with van der Waals surface area (Å²) < 4.78 is 22.7. The van der Waals surface area contributed by atoms with Crippen molar-refractivity contribution < 1.29 is 8.42 Å². The van der Waals surface area contributed by atoms with Gasteiger partial charge in [-0.1, -0.05) is 0 Å². The fourth-order valence-electron chi connectivity index (χ4n) is 1.67. The lowest BCUT2D eigenvalue weighted by molar-refractivity contribution is 0.586. The highest BCUT2D eigenvalue weighted by Gasteiger charge is 2.23. The molecular formula is C10H17N3O2S2. The van der Waals surface area contributed by atoms with E-state index < -0.39 is 9.84 Å². The van der Waals surface area contributed by atoms with Crippen LogP contribution >= 0.6 is 11.3 Å². The molecule has 96 valence electrons. The van der Waals surface area contributed by atoms with Crippen LogP contribution < -0.4 is 10.2 Å². The molecule has 1 N–H and O–H groups in total. The smallest absolute Gasteiger partial charge is 0.185 e. The number of aromatic nitrogens is 1. The normalized spacial score (nSPS) is 21.4. The molecular weight excluding hydrogens is 258 g/mol. The summed E-state index contributed by atoms with van der Waals surface area (Å²) in [5.74, 6) is 0.479. The third kappa shape index (κ3) is 2.97. The van der Waals surface area contributed by atoms with E-state index in [2.05, 4.69) is 22.1 Å². The highest BCUT2D eigenvalue weighted by atomic mass is 32.2. The summed E-state index contributed by atoms with van der Waals surface area (Å²) >= 11 is 1.58. The molecule has 7 heteroatoms. The summed E-state index contributed by atoms with van der Waals surface area (Å²) in [4.78, 5) is 6.59. The van der Waals surface area contributed by atoms with Crippen LogP contribution in [0.2, 0.25) is 0 Å². The number of nitrogens with zero attached hydrogens (tertiary/aromatic N) is 2. The molecule has 0 saturated carbocycles. The molecule has 5 nitrogen and oxygen atoms in total. The van der Waals surface area contributed by atoms with Gasteiger partial charge in [0.25, 0.3) is 0 Å². The first-order chi connectivity index (χ1) is 8.02. The molecule has 1 aliphatic heterocycles. The number of hydrogen-bond acceptors (Lipinski definition) is 6. The molecule has 1 unspecified atom stereocenters. The van der Waals surface area contributed by atoms with Crippen LogP contribution in [0.4, 0.5) is 5.13 Å². The van der Waals surface area contributed by atoms with Crippen molar-refractivity contribution in [3.05, 3.63) is 11.1 Å².